The zero-order valence-corrected chi connectivity index (χ0v) is 7.95. The van der Waals surface area contributed by atoms with Crippen molar-refractivity contribution in [2.24, 2.45) is 5.73 Å². The van der Waals surface area contributed by atoms with Gasteiger partial charge in [0.25, 0.3) is 0 Å². The standard InChI is InChI=1S/C9H16N2O2/c1-2-7-5-3-4-6-11(7)9(13)8(10)12/h7H,2-6H2,1H3,(H2,10,12)/t7-/m1/s1. The van der Waals surface area contributed by atoms with E-state index in [1.54, 1.807) is 4.90 Å². The van der Waals surface area contributed by atoms with Crippen molar-refractivity contribution in [1.82, 2.24) is 4.90 Å². The van der Waals surface area contributed by atoms with E-state index in [-0.39, 0.29) is 6.04 Å². The number of primary amides is 1. The summed E-state index contributed by atoms with van der Waals surface area (Å²) in [5.74, 6) is -1.35. The number of hydrogen-bond acceptors (Lipinski definition) is 2. The number of carbonyl (C=O) groups excluding carboxylic acids is 2. The molecule has 1 aliphatic heterocycles. The van der Waals surface area contributed by atoms with Crippen LogP contribution in [0.5, 0.6) is 0 Å². The summed E-state index contributed by atoms with van der Waals surface area (Å²) >= 11 is 0. The molecule has 4 heteroatoms. The van der Waals surface area contributed by atoms with Gasteiger partial charge in [-0.2, -0.15) is 0 Å². The van der Waals surface area contributed by atoms with Crippen LogP contribution in [-0.4, -0.2) is 29.3 Å². The Morgan fingerprint density at radius 2 is 2.15 bits per heavy atom. The smallest absolute Gasteiger partial charge is 0.311 e. The lowest BCUT2D eigenvalue weighted by atomic mass is 10.00. The third-order valence-electron chi connectivity index (χ3n) is 2.57. The fourth-order valence-corrected chi connectivity index (χ4v) is 1.83. The molecule has 0 aliphatic carbocycles. The Kier molecular flexibility index (Phi) is 3.28. The topological polar surface area (TPSA) is 63.4 Å². The summed E-state index contributed by atoms with van der Waals surface area (Å²) in [4.78, 5) is 23.6. The van der Waals surface area contributed by atoms with Gasteiger partial charge < -0.3 is 10.6 Å². The zero-order chi connectivity index (χ0) is 9.84. The second-order valence-electron chi connectivity index (χ2n) is 3.42. The number of likely N-dealkylation sites (tertiary alicyclic amines) is 1. The highest BCUT2D eigenvalue weighted by Gasteiger charge is 2.27. The maximum absolute atomic E-state index is 11.3. The lowest BCUT2D eigenvalue weighted by Gasteiger charge is -2.34. The lowest BCUT2D eigenvalue weighted by Crippen LogP contribution is -2.48. The summed E-state index contributed by atoms with van der Waals surface area (Å²) in [6, 6.07) is 0.216. The number of amides is 2. The quantitative estimate of drug-likeness (QED) is 0.594. The normalized spacial score (nSPS) is 22.8. The Balaban J connectivity index is 2.64. The molecular weight excluding hydrogens is 168 g/mol. The second kappa shape index (κ2) is 4.25. The van der Waals surface area contributed by atoms with Crippen LogP contribution in [0.25, 0.3) is 0 Å². The van der Waals surface area contributed by atoms with Gasteiger partial charge in [-0.25, -0.2) is 0 Å². The molecule has 1 atom stereocenters. The van der Waals surface area contributed by atoms with Crippen molar-refractivity contribution in [3.05, 3.63) is 0 Å². The SMILES string of the molecule is CC[C@@H]1CCCCN1C(=O)C(N)=O. The molecule has 0 saturated carbocycles. The van der Waals surface area contributed by atoms with Crippen LogP contribution in [0.4, 0.5) is 0 Å². The molecule has 13 heavy (non-hydrogen) atoms. The average Bonchev–Trinajstić information content (AvgIpc) is 2.16. The molecule has 1 saturated heterocycles. The van der Waals surface area contributed by atoms with E-state index in [2.05, 4.69) is 0 Å². The minimum absolute atomic E-state index is 0.216. The summed E-state index contributed by atoms with van der Waals surface area (Å²) in [6.07, 6.45) is 4.02. The van der Waals surface area contributed by atoms with Crippen molar-refractivity contribution >= 4 is 11.8 Å². The zero-order valence-electron chi connectivity index (χ0n) is 7.95. The molecule has 0 unspecified atom stereocenters. The summed E-state index contributed by atoms with van der Waals surface area (Å²) in [5.41, 5.74) is 4.95. The van der Waals surface area contributed by atoms with E-state index in [9.17, 15) is 9.59 Å². The lowest BCUT2D eigenvalue weighted by molar-refractivity contribution is -0.146. The van der Waals surface area contributed by atoms with Crippen molar-refractivity contribution in [3.8, 4) is 0 Å². The molecule has 0 radical (unpaired) electrons. The molecule has 2 amide bonds. The van der Waals surface area contributed by atoms with Crippen molar-refractivity contribution in [1.29, 1.82) is 0 Å². The van der Waals surface area contributed by atoms with E-state index >= 15 is 0 Å². The second-order valence-corrected chi connectivity index (χ2v) is 3.42. The van der Waals surface area contributed by atoms with Gasteiger partial charge in [-0.05, 0) is 25.7 Å². The first-order valence-electron chi connectivity index (χ1n) is 4.77. The number of nitrogens with zero attached hydrogens (tertiary/aromatic N) is 1. The molecule has 0 aromatic rings. The van der Waals surface area contributed by atoms with Gasteiger partial charge in [0.2, 0.25) is 0 Å². The highest BCUT2D eigenvalue weighted by atomic mass is 16.2. The van der Waals surface area contributed by atoms with Gasteiger partial charge in [0.05, 0.1) is 0 Å². The Hall–Kier alpha value is -1.06. The van der Waals surface area contributed by atoms with E-state index in [1.165, 1.54) is 0 Å². The summed E-state index contributed by atoms with van der Waals surface area (Å²) in [6.45, 7) is 2.71. The first-order chi connectivity index (χ1) is 6.16. The fourth-order valence-electron chi connectivity index (χ4n) is 1.83. The molecule has 2 N–H and O–H groups in total. The third-order valence-corrected chi connectivity index (χ3v) is 2.57. The van der Waals surface area contributed by atoms with E-state index in [0.717, 1.165) is 25.7 Å². The van der Waals surface area contributed by atoms with Crippen LogP contribution >= 0.6 is 0 Å². The molecule has 0 bridgehead atoms. The molecule has 0 aromatic heterocycles. The maximum atomic E-state index is 11.3. The largest absolute Gasteiger partial charge is 0.361 e. The number of hydrogen-bond donors (Lipinski definition) is 1. The Bertz CT molecular complexity index is 216. The highest BCUT2D eigenvalue weighted by molar-refractivity contribution is 6.34. The van der Waals surface area contributed by atoms with Crippen molar-refractivity contribution in [3.63, 3.8) is 0 Å². The minimum atomic E-state index is -0.833. The summed E-state index contributed by atoms with van der Waals surface area (Å²) in [7, 11) is 0. The van der Waals surface area contributed by atoms with Crippen molar-refractivity contribution in [2.45, 2.75) is 38.6 Å². The number of nitrogens with two attached hydrogens (primary N) is 1. The minimum Gasteiger partial charge on any atom is -0.361 e. The molecule has 1 aliphatic rings. The number of rotatable bonds is 1. The molecule has 1 fully saturated rings. The van der Waals surface area contributed by atoms with Gasteiger partial charge in [-0.15, -0.1) is 0 Å². The van der Waals surface area contributed by atoms with E-state index in [4.69, 9.17) is 5.73 Å². The van der Waals surface area contributed by atoms with Crippen LogP contribution in [0.3, 0.4) is 0 Å². The monoisotopic (exact) mass is 184 g/mol. The molecule has 1 heterocycles. The predicted octanol–water partition coefficient (Wildman–Crippen LogP) is 0.263. The average molecular weight is 184 g/mol. The third kappa shape index (κ3) is 2.20. The van der Waals surface area contributed by atoms with Crippen LogP contribution in [0, 0.1) is 0 Å². The van der Waals surface area contributed by atoms with E-state index < -0.39 is 11.8 Å². The molecule has 1 rings (SSSR count). The first-order valence-corrected chi connectivity index (χ1v) is 4.77. The van der Waals surface area contributed by atoms with E-state index in [0.29, 0.717) is 6.54 Å². The molecular formula is C9H16N2O2. The summed E-state index contributed by atoms with van der Waals surface area (Å²) in [5, 5.41) is 0. The van der Waals surface area contributed by atoms with Gasteiger partial charge >= 0.3 is 11.8 Å². The van der Waals surface area contributed by atoms with Crippen molar-refractivity contribution < 1.29 is 9.59 Å². The van der Waals surface area contributed by atoms with E-state index in [1.807, 2.05) is 6.92 Å². The Morgan fingerprint density at radius 1 is 1.46 bits per heavy atom. The van der Waals surface area contributed by atoms with Gasteiger partial charge in [-0.3, -0.25) is 9.59 Å². The van der Waals surface area contributed by atoms with Crippen LogP contribution in [0.2, 0.25) is 0 Å². The maximum Gasteiger partial charge on any atom is 0.311 e. The molecule has 0 aromatic carbocycles. The number of carbonyl (C=O) groups is 2. The first kappa shape index (κ1) is 10.0. The van der Waals surface area contributed by atoms with Crippen LogP contribution in [0.15, 0.2) is 0 Å². The van der Waals surface area contributed by atoms with Crippen LogP contribution in [0.1, 0.15) is 32.6 Å². The van der Waals surface area contributed by atoms with Gasteiger partial charge in [-0.1, -0.05) is 6.92 Å². The summed E-state index contributed by atoms with van der Waals surface area (Å²) < 4.78 is 0. The molecule has 0 spiro atoms. The highest BCUT2D eigenvalue weighted by Crippen LogP contribution is 2.19. The van der Waals surface area contributed by atoms with Crippen LogP contribution < -0.4 is 5.73 Å². The van der Waals surface area contributed by atoms with Crippen LogP contribution in [-0.2, 0) is 9.59 Å². The van der Waals surface area contributed by atoms with Gasteiger partial charge in [0, 0.05) is 12.6 Å². The Morgan fingerprint density at radius 3 is 2.69 bits per heavy atom. The van der Waals surface area contributed by atoms with Gasteiger partial charge in [0.15, 0.2) is 0 Å². The number of piperidine rings is 1. The van der Waals surface area contributed by atoms with Gasteiger partial charge in [0.1, 0.15) is 0 Å². The molecule has 74 valence electrons. The Labute approximate surface area is 78.1 Å². The predicted molar refractivity (Wildman–Crippen MR) is 48.8 cm³/mol. The molecule has 4 nitrogen and oxygen atoms in total. The van der Waals surface area contributed by atoms with Crippen molar-refractivity contribution in [2.75, 3.05) is 6.54 Å². The fraction of sp³-hybridized carbons (Fsp3) is 0.778.